The van der Waals surface area contributed by atoms with Gasteiger partial charge in [-0.3, -0.25) is 0 Å². The van der Waals surface area contributed by atoms with Crippen LogP contribution in [0.15, 0.2) is 66.7 Å². The largest absolute Gasteiger partial charge is 0.409 e. The van der Waals surface area contributed by atoms with Gasteiger partial charge in [-0.2, -0.15) is 13.2 Å². The fourth-order valence-electron chi connectivity index (χ4n) is 5.40. The van der Waals surface area contributed by atoms with Crippen LogP contribution in [0.1, 0.15) is 73.6 Å². The van der Waals surface area contributed by atoms with E-state index >= 15 is 4.39 Å². The Morgan fingerprint density at radius 3 is 2.08 bits per heavy atom. The Morgan fingerprint density at radius 1 is 0.784 bits per heavy atom. The van der Waals surface area contributed by atoms with Crippen molar-refractivity contribution < 1.29 is 22.0 Å². The molecule has 4 rings (SSSR count). The highest BCUT2D eigenvalue weighted by Gasteiger charge is 2.23. The Balaban J connectivity index is 1.38. The predicted molar refractivity (Wildman–Crippen MR) is 140 cm³/mol. The number of benzene rings is 3. The van der Waals surface area contributed by atoms with E-state index in [2.05, 4.69) is 19.1 Å². The molecule has 37 heavy (non-hydrogen) atoms. The van der Waals surface area contributed by atoms with Crippen molar-refractivity contribution in [3.63, 3.8) is 0 Å². The second-order valence-electron chi connectivity index (χ2n) is 10.1. The minimum atomic E-state index is -4.36. The molecule has 0 aromatic heterocycles. The van der Waals surface area contributed by atoms with Crippen molar-refractivity contribution in [3.05, 3.63) is 101 Å². The molecule has 0 radical (unpaired) electrons. The van der Waals surface area contributed by atoms with Gasteiger partial charge in [-0.05, 0) is 78.2 Å². The SMILES string of the molecule is CCCC1CCC(c2ccc(-c3ccc(CCc4ccc(/C=C/C(F)(F)F)cc4)c(F)c3F)cc2)CC1. The van der Waals surface area contributed by atoms with Gasteiger partial charge in [-0.1, -0.05) is 86.5 Å². The standard InChI is InChI=1S/C32H33F5/c1-2-3-22-8-11-25(12-9-22)26-14-16-27(17-15-26)29-19-18-28(30(33)31(29)34)13-10-23-4-6-24(7-5-23)20-21-32(35,36)37/h4-7,14-22,25H,2-3,8-13H2,1H3/b21-20+. The molecular formula is C32H33F5. The number of alkyl halides is 3. The van der Waals surface area contributed by atoms with Crippen LogP contribution < -0.4 is 0 Å². The molecule has 1 aliphatic rings. The van der Waals surface area contributed by atoms with Crippen LogP contribution in [0.3, 0.4) is 0 Å². The second-order valence-corrected chi connectivity index (χ2v) is 10.1. The van der Waals surface area contributed by atoms with Gasteiger partial charge in [0.1, 0.15) is 0 Å². The fraction of sp³-hybridized carbons (Fsp3) is 0.375. The first-order valence-electron chi connectivity index (χ1n) is 13.2. The van der Waals surface area contributed by atoms with Gasteiger partial charge in [0.05, 0.1) is 0 Å². The highest BCUT2D eigenvalue weighted by atomic mass is 19.4. The zero-order valence-corrected chi connectivity index (χ0v) is 21.1. The molecule has 5 heteroatoms. The van der Waals surface area contributed by atoms with E-state index < -0.39 is 17.8 Å². The molecule has 0 heterocycles. The van der Waals surface area contributed by atoms with Gasteiger partial charge in [-0.25, -0.2) is 8.78 Å². The summed E-state index contributed by atoms with van der Waals surface area (Å²) in [5.41, 5.74) is 3.73. The number of aryl methyl sites for hydroxylation is 2. The van der Waals surface area contributed by atoms with Crippen LogP contribution in [0.2, 0.25) is 0 Å². The topological polar surface area (TPSA) is 0 Å². The number of rotatable bonds is 8. The van der Waals surface area contributed by atoms with Crippen molar-refractivity contribution in [1.82, 2.24) is 0 Å². The van der Waals surface area contributed by atoms with Gasteiger partial charge < -0.3 is 0 Å². The van der Waals surface area contributed by atoms with E-state index in [1.807, 2.05) is 12.1 Å². The molecule has 0 N–H and O–H groups in total. The highest BCUT2D eigenvalue weighted by molar-refractivity contribution is 5.65. The molecule has 196 valence electrons. The summed E-state index contributed by atoms with van der Waals surface area (Å²) in [5, 5.41) is 0. The molecule has 0 nitrogen and oxygen atoms in total. The van der Waals surface area contributed by atoms with E-state index in [0.717, 1.165) is 17.6 Å². The smallest absolute Gasteiger partial charge is 0.203 e. The van der Waals surface area contributed by atoms with Crippen LogP contribution in [0.5, 0.6) is 0 Å². The molecule has 0 saturated heterocycles. The van der Waals surface area contributed by atoms with Gasteiger partial charge in [0.2, 0.25) is 0 Å². The molecule has 3 aromatic rings. The molecule has 0 bridgehead atoms. The summed E-state index contributed by atoms with van der Waals surface area (Å²) < 4.78 is 66.8. The second kappa shape index (κ2) is 12.1. The van der Waals surface area contributed by atoms with E-state index in [9.17, 15) is 17.6 Å². The zero-order chi connectivity index (χ0) is 26.4. The molecule has 0 atom stereocenters. The monoisotopic (exact) mass is 512 g/mol. The number of halogens is 5. The zero-order valence-electron chi connectivity index (χ0n) is 21.1. The first kappa shape index (κ1) is 27.1. The van der Waals surface area contributed by atoms with Crippen molar-refractivity contribution in [2.45, 2.75) is 70.4 Å². The van der Waals surface area contributed by atoms with Crippen molar-refractivity contribution in [2.75, 3.05) is 0 Å². The average Bonchev–Trinajstić information content (AvgIpc) is 2.89. The third-order valence-electron chi connectivity index (χ3n) is 7.53. The molecule has 0 spiro atoms. The first-order chi connectivity index (χ1) is 17.7. The third kappa shape index (κ3) is 7.30. The van der Waals surface area contributed by atoms with Crippen molar-refractivity contribution >= 4 is 6.08 Å². The summed E-state index contributed by atoms with van der Waals surface area (Å²) in [4.78, 5) is 0. The maximum Gasteiger partial charge on any atom is 0.409 e. The summed E-state index contributed by atoms with van der Waals surface area (Å²) in [7, 11) is 0. The van der Waals surface area contributed by atoms with Crippen molar-refractivity contribution in [2.24, 2.45) is 5.92 Å². The maximum atomic E-state index is 15.0. The van der Waals surface area contributed by atoms with Crippen LogP contribution >= 0.6 is 0 Å². The van der Waals surface area contributed by atoms with Crippen LogP contribution in [-0.4, -0.2) is 6.18 Å². The number of allylic oxidation sites excluding steroid dienone is 1. The quantitative estimate of drug-likeness (QED) is 0.263. The average molecular weight is 513 g/mol. The van der Waals surface area contributed by atoms with Gasteiger partial charge >= 0.3 is 6.18 Å². The first-order valence-corrected chi connectivity index (χ1v) is 13.2. The van der Waals surface area contributed by atoms with Gasteiger partial charge in [0.25, 0.3) is 0 Å². The van der Waals surface area contributed by atoms with E-state index in [4.69, 9.17) is 0 Å². The summed E-state index contributed by atoms with van der Waals surface area (Å²) in [5.74, 6) is -0.310. The molecule has 1 saturated carbocycles. The number of hydrogen-bond donors (Lipinski definition) is 0. The maximum absolute atomic E-state index is 15.0. The van der Waals surface area contributed by atoms with Crippen LogP contribution in [-0.2, 0) is 12.8 Å². The van der Waals surface area contributed by atoms with Crippen LogP contribution in [0.25, 0.3) is 17.2 Å². The normalized spacial score (nSPS) is 18.4. The van der Waals surface area contributed by atoms with Gasteiger partial charge in [-0.15, -0.1) is 0 Å². The Hall–Kier alpha value is -2.95. The summed E-state index contributed by atoms with van der Waals surface area (Å²) in [6.07, 6.45) is 5.03. The summed E-state index contributed by atoms with van der Waals surface area (Å²) in [6.45, 7) is 2.24. The molecule has 1 fully saturated rings. The van der Waals surface area contributed by atoms with E-state index in [-0.39, 0.29) is 17.2 Å². The molecular weight excluding hydrogens is 479 g/mol. The van der Waals surface area contributed by atoms with Crippen molar-refractivity contribution in [1.29, 1.82) is 0 Å². The molecule has 0 aliphatic heterocycles. The Bertz CT molecular complexity index is 1180. The van der Waals surface area contributed by atoms with E-state index in [0.29, 0.717) is 29.9 Å². The summed E-state index contributed by atoms with van der Waals surface area (Å²) >= 11 is 0. The van der Waals surface area contributed by atoms with Gasteiger partial charge in [0, 0.05) is 11.6 Å². The Morgan fingerprint density at radius 2 is 1.46 bits per heavy atom. The molecule has 1 aliphatic carbocycles. The van der Waals surface area contributed by atoms with Crippen LogP contribution in [0, 0.1) is 17.6 Å². The van der Waals surface area contributed by atoms with Crippen molar-refractivity contribution in [3.8, 4) is 11.1 Å². The third-order valence-corrected chi connectivity index (χ3v) is 7.53. The summed E-state index contributed by atoms with van der Waals surface area (Å²) in [6, 6.07) is 17.7. The number of hydrogen-bond acceptors (Lipinski definition) is 0. The lowest BCUT2D eigenvalue weighted by molar-refractivity contribution is -0.0790. The van der Waals surface area contributed by atoms with E-state index in [1.54, 1.807) is 36.4 Å². The van der Waals surface area contributed by atoms with E-state index in [1.165, 1.54) is 44.1 Å². The lowest BCUT2D eigenvalue weighted by Gasteiger charge is -2.28. The Kier molecular flexibility index (Phi) is 8.83. The minimum Gasteiger partial charge on any atom is -0.203 e. The Labute approximate surface area is 216 Å². The highest BCUT2D eigenvalue weighted by Crippen LogP contribution is 2.38. The fourth-order valence-corrected chi connectivity index (χ4v) is 5.40. The van der Waals surface area contributed by atoms with Gasteiger partial charge in [0.15, 0.2) is 11.6 Å². The van der Waals surface area contributed by atoms with Crippen LogP contribution in [0.4, 0.5) is 22.0 Å². The predicted octanol–water partition coefficient (Wildman–Crippen LogP) is 10.1. The molecule has 3 aromatic carbocycles. The lowest BCUT2D eigenvalue weighted by Crippen LogP contribution is -2.13. The lowest BCUT2D eigenvalue weighted by atomic mass is 9.77. The molecule has 0 unspecified atom stereocenters. The minimum absolute atomic E-state index is 0.188. The molecule has 0 amide bonds.